The zero-order chi connectivity index (χ0) is 12.4. The molecule has 1 aliphatic rings. The van der Waals surface area contributed by atoms with E-state index in [1.165, 1.54) is 29.0 Å². The highest BCUT2D eigenvalue weighted by atomic mass is 32.1. The van der Waals surface area contributed by atoms with Gasteiger partial charge in [0, 0.05) is 16.3 Å². The van der Waals surface area contributed by atoms with Crippen LogP contribution in [0.5, 0.6) is 0 Å². The summed E-state index contributed by atoms with van der Waals surface area (Å²) in [6.07, 6.45) is 4.11. The van der Waals surface area contributed by atoms with Crippen molar-refractivity contribution in [1.82, 2.24) is 5.32 Å². The minimum atomic E-state index is 0.397. The van der Waals surface area contributed by atoms with E-state index < -0.39 is 0 Å². The van der Waals surface area contributed by atoms with Gasteiger partial charge >= 0.3 is 0 Å². The molecule has 96 valence electrons. The van der Waals surface area contributed by atoms with E-state index in [-0.39, 0.29) is 0 Å². The normalized spacial score (nSPS) is 17.2. The zero-order valence-electron chi connectivity index (χ0n) is 10.7. The molecule has 0 unspecified atom stereocenters. The Morgan fingerprint density at radius 1 is 1.17 bits per heavy atom. The first kappa shape index (κ1) is 12.4. The van der Waals surface area contributed by atoms with E-state index in [4.69, 9.17) is 0 Å². The van der Waals surface area contributed by atoms with E-state index in [0.717, 1.165) is 6.54 Å². The lowest BCUT2D eigenvalue weighted by Gasteiger charge is -2.20. The van der Waals surface area contributed by atoms with Crippen LogP contribution in [0.25, 0.3) is 0 Å². The summed E-state index contributed by atoms with van der Waals surface area (Å²) in [6.45, 7) is 3.48. The molecule has 3 heteroatoms. The van der Waals surface area contributed by atoms with Gasteiger partial charge < -0.3 is 5.32 Å². The van der Waals surface area contributed by atoms with Gasteiger partial charge in [-0.2, -0.15) is 0 Å². The molecule has 1 nitrogen and oxygen atoms in total. The highest BCUT2D eigenvalue weighted by Crippen LogP contribution is 2.48. The molecule has 0 radical (unpaired) electrons. The zero-order valence-corrected chi connectivity index (χ0v) is 12.3. The maximum Gasteiger partial charge on any atom is 0.0765 e. The summed E-state index contributed by atoms with van der Waals surface area (Å²) >= 11 is 3.70. The first-order valence-corrected chi connectivity index (χ1v) is 8.39. The highest BCUT2D eigenvalue weighted by Gasteiger charge is 2.40. The molecule has 0 atom stereocenters. The third kappa shape index (κ3) is 2.53. The summed E-state index contributed by atoms with van der Waals surface area (Å²) in [7, 11) is 0. The second-order valence-electron chi connectivity index (χ2n) is 5.20. The SMILES string of the molecule is CCC1(CNC(c2cccs2)c2cccs2)CC1. The van der Waals surface area contributed by atoms with E-state index in [9.17, 15) is 0 Å². The number of thiophene rings is 2. The van der Waals surface area contributed by atoms with Crippen LogP contribution in [0.2, 0.25) is 0 Å². The van der Waals surface area contributed by atoms with E-state index >= 15 is 0 Å². The van der Waals surface area contributed by atoms with Crippen LogP contribution < -0.4 is 5.32 Å². The maximum absolute atomic E-state index is 3.80. The molecule has 1 N–H and O–H groups in total. The van der Waals surface area contributed by atoms with Gasteiger partial charge in [0.2, 0.25) is 0 Å². The van der Waals surface area contributed by atoms with Crippen molar-refractivity contribution in [3.05, 3.63) is 44.8 Å². The topological polar surface area (TPSA) is 12.0 Å². The number of nitrogens with one attached hydrogen (secondary N) is 1. The summed E-state index contributed by atoms with van der Waals surface area (Å²) in [5.41, 5.74) is 0.604. The van der Waals surface area contributed by atoms with E-state index in [1.807, 2.05) is 22.7 Å². The van der Waals surface area contributed by atoms with Crippen molar-refractivity contribution in [2.24, 2.45) is 5.41 Å². The largest absolute Gasteiger partial charge is 0.304 e. The van der Waals surface area contributed by atoms with Gasteiger partial charge in [-0.25, -0.2) is 0 Å². The fraction of sp³-hybridized carbons (Fsp3) is 0.467. The molecule has 3 rings (SSSR count). The van der Waals surface area contributed by atoms with Gasteiger partial charge in [0.1, 0.15) is 0 Å². The molecule has 1 fully saturated rings. The maximum atomic E-state index is 3.80. The average molecular weight is 277 g/mol. The van der Waals surface area contributed by atoms with Crippen molar-refractivity contribution in [3.63, 3.8) is 0 Å². The third-order valence-corrected chi connectivity index (χ3v) is 5.92. The van der Waals surface area contributed by atoms with Gasteiger partial charge in [-0.15, -0.1) is 22.7 Å². The molecule has 2 heterocycles. The van der Waals surface area contributed by atoms with Crippen LogP contribution in [-0.2, 0) is 0 Å². The Morgan fingerprint density at radius 3 is 2.17 bits per heavy atom. The first-order chi connectivity index (χ1) is 8.83. The van der Waals surface area contributed by atoms with Crippen molar-refractivity contribution in [2.75, 3.05) is 6.54 Å². The van der Waals surface area contributed by atoms with Gasteiger partial charge in [0.05, 0.1) is 6.04 Å². The Bertz CT molecular complexity index is 434. The van der Waals surface area contributed by atoms with Crippen LogP contribution in [0.1, 0.15) is 42.0 Å². The standard InChI is InChI=1S/C15H19NS2/c1-2-15(7-8-15)11-16-14(12-5-3-9-17-12)13-6-4-10-18-13/h3-6,9-10,14,16H,2,7-8,11H2,1H3. The predicted octanol–water partition coefficient (Wildman–Crippen LogP) is 4.68. The van der Waals surface area contributed by atoms with Crippen LogP contribution in [-0.4, -0.2) is 6.54 Å². The molecule has 2 aromatic heterocycles. The lowest BCUT2D eigenvalue weighted by atomic mass is 10.0. The van der Waals surface area contributed by atoms with Crippen molar-refractivity contribution in [2.45, 2.75) is 32.2 Å². The summed E-state index contributed by atoms with van der Waals surface area (Å²) in [6, 6.07) is 9.18. The monoisotopic (exact) mass is 277 g/mol. The minimum absolute atomic E-state index is 0.397. The van der Waals surface area contributed by atoms with E-state index in [0.29, 0.717) is 11.5 Å². The molecule has 18 heavy (non-hydrogen) atoms. The van der Waals surface area contributed by atoms with Crippen molar-refractivity contribution < 1.29 is 0 Å². The predicted molar refractivity (Wildman–Crippen MR) is 80.4 cm³/mol. The van der Waals surface area contributed by atoms with Crippen LogP contribution in [0, 0.1) is 5.41 Å². The van der Waals surface area contributed by atoms with Gasteiger partial charge in [-0.05, 0) is 47.6 Å². The van der Waals surface area contributed by atoms with Crippen molar-refractivity contribution in [3.8, 4) is 0 Å². The summed E-state index contributed by atoms with van der Waals surface area (Å²) < 4.78 is 0. The average Bonchev–Trinajstić information content (AvgIpc) is 2.86. The summed E-state index contributed by atoms with van der Waals surface area (Å²) in [5.74, 6) is 0. The Balaban J connectivity index is 1.74. The summed E-state index contributed by atoms with van der Waals surface area (Å²) in [5, 5.41) is 8.14. The van der Waals surface area contributed by atoms with E-state index in [2.05, 4.69) is 47.3 Å². The van der Waals surface area contributed by atoms with Crippen LogP contribution in [0.3, 0.4) is 0 Å². The highest BCUT2D eigenvalue weighted by molar-refractivity contribution is 7.11. The summed E-state index contributed by atoms with van der Waals surface area (Å²) in [4.78, 5) is 2.87. The molecular weight excluding hydrogens is 258 g/mol. The molecular formula is C15H19NS2. The van der Waals surface area contributed by atoms with Crippen molar-refractivity contribution >= 4 is 22.7 Å². The second-order valence-corrected chi connectivity index (χ2v) is 7.16. The fourth-order valence-corrected chi connectivity index (χ4v) is 4.11. The number of hydrogen-bond donors (Lipinski definition) is 1. The smallest absolute Gasteiger partial charge is 0.0765 e. The fourth-order valence-electron chi connectivity index (χ4n) is 2.40. The van der Waals surface area contributed by atoms with Gasteiger partial charge in [-0.3, -0.25) is 0 Å². The molecule has 0 bridgehead atoms. The number of hydrogen-bond acceptors (Lipinski definition) is 3. The van der Waals surface area contributed by atoms with Crippen LogP contribution in [0.4, 0.5) is 0 Å². The third-order valence-electron chi connectivity index (χ3n) is 4.04. The Labute approximate surface area is 117 Å². The van der Waals surface area contributed by atoms with Gasteiger partial charge in [0.25, 0.3) is 0 Å². The molecule has 0 aliphatic heterocycles. The minimum Gasteiger partial charge on any atom is -0.304 e. The lowest BCUT2D eigenvalue weighted by molar-refractivity contribution is 0.427. The van der Waals surface area contributed by atoms with Gasteiger partial charge in [0.15, 0.2) is 0 Å². The molecule has 0 aromatic carbocycles. The molecule has 2 aromatic rings. The van der Waals surface area contributed by atoms with E-state index in [1.54, 1.807) is 0 Å². The molecule has 0 saturated heterocycles. The molecule has 1 saturated carbocycles. The van der Waals surface area contributed by atoms with Gasteiger partial charge in [-0.1, -0.05) is 19.1 Å². The molecule has 0 amide bonds. The Hall–Kier alpha value is -0.640. The first-order valence-electron chi connectivity index (χ1n) is 6.63. The van der Waals surface area contributed by atoms with Crippen LogP contribution >= 0.6 is 22.7 Å². The molecule has 0 spiro atoms. The second kappa shape index (κ2) is 5.16. The quantitative estimate of drug-likeness (QED) is 0.808. The lowest BCUT2D eigenvalue weighted by Crippen LogP contribution is -2.27. The Kier molecular flexibility index (Phi) is 3.55. The van der Waals surface area contributed by atoms with Crippen LogP contribution in [0.15, 0.2) is 35.0 Å². The molecule has 1 aliphatic carbocycles. The van der Waals surface area contributed by atoms with Crippen molar-refractivity contribution in [1.29, 1.82) is 0 Å². The number of rotatable bonds is 6. The Morgan fingerprint density at radius 2 is 1.78 bits per heavy atom.